The lowest BCUT2D eigenvalue weighted by Gasteiger charge is -2.39. The van der Waals surface area contributed by atoms with Gasteiger partial charge in [-0.2, -0.15) is 5.26 Å². The zero-order valence-electron chi connectivity index (χ0n) is 19.0. The fourth-order valence-corrected chi connectivity index (χ4v) is 4.62. The Hall–Kier alpha value is -3.49. The molecule has 2 heterocycles. The zero-order valence-corrected chi connectivity index (χ0v) is 19.8. The van der Waals surface area contributed by atoms with E-state index >= 15 is 0 Å². The van der Waals surface area contributed by atoms with E-state index in [1.807, 2.05) is 6.07 Å². The number of sulfonamides is 1. The molecule has 1 aliphatic heterocycles. The van der Waals surface area contributed by atoms with Crippen molar-refractivity contribution in [2.45, 2.75) is 26.2 Å². The van der Waals surface area contributed by atoms with Crippen LogP contribution < -0.4 is 9.62 Å². The van der Waals surface area contributed by atoms with Gasteiger partial charge >= 0.3 is 5.97 Å². The number of esters is 1. The molecule has 1 aromatic carbocycles. The van der Waals surface area contributed by atoms with Crippen LogP contribution in [-0.4, -0.2) is 51.6 Å². The van der Waals surface area contributed by atoms with Gasteiger partial charge in [0.15, 0.2) is 0 Å². The van der Waals surface area contributed by atoms with Gasteiger partial charge in [-0.25, -0.2) is 18.2 Å². The summed E-state index contributed by atoms with van der Waals surface area (Å²) in [6.45, 7) is 4.48. The molecule has 180 valence electrons. The van der Waals surface area contributed by atoms with Gasteiger partial charge in [0.05, 0.1) is 41.7 Å². The predicted octanol–water partition coefficient (Wildman–Crippen LogP) is 1.75. The Bertz CT molecular complexity index is 1190. The number of hydrogen-bond donors (Lipinski definition) is 1. The Labute approximate surface area is 198 Å². The van der Waals surface area contributed by atoms with Crippen LogP contribution in [0.15, 0.2) is 36.4 Å². The van der Waals surface area contributed by atoms with Crippen LogP contribution in [0.4, 0.5) is 5.82 Å². The number of nitriles is 1. The molecule has 1 fully saturated rings. The van der Waals surface area contributed by atoms with E-state index in [9.17, 15) is 23.3 Å². The Morgan fingerprint density at radius 1 is 1.21 bits per heavy atom. The summed E-state index contributed by atoms with van der Waals surface area (Å²) >= 11 is 0. The lowest BCUT2D eigenvalue weighted by Crippen LogP contribution is -2.55. The van der Waals surface area contributed by atoms with Gasteiger partial charge in [-0.1, -0.05) is 30.3 Å². The molecule has 11 heteroatoms. The van der Waals surface area contributed by atoms with Crippen LogP contribution in [0.1, 0.15) is 41.0 Å². The third kappa shape index (κ3) is 6.09. The third-order valence-corrected chi connectivity index (χ3v) is 6.37. The number of benzene rings is 1. The van der Waals surface area contributed by atoms with Crippen LogP contribution in [0.2, 0.25) is 0 Å². The van der Waals surface area contributed by atoms with Crippen LogP contribution in [0, 0.1) is 17.2 Å². The van der Waals surface area contributed by atoms with E-state index in [0.717, 1.165) is 0 Å². The average Bonchev–Trinajstić information content (AvgIpc) is 2.76. The minimum atomic E-state index is -3.84. The van der Waals surface area contributed by atoms with E-state index in [4.69, 9.17) is 9.47 Å². The van der Waals surface area contributed by atoms with E-state index in [-0.39, 0.29) is 43.2 Å². The first-order chi connectivity index (χ1) is 16.3. The van der Waals surface area contributed by atoms with Gasteiger partial charge < -0.3 is 14.4 Å². The molecule has 0 saturated carbocycles. The number of carbonyl (C=O) groups is 2. The summed E-state index contributed by atoms with van der Waals surface area (Å²) in [4.78, 5) is 31.0. The van der Waals surface area contributed by atoms with Gasteiger partial charge in [0.2, 0.25) is 15.9 Å². The van der Waals surface area contributed by atoms with Gasteiger partial charge in [0, 0.05) is 19.7 Å². The highest BCUT2D eigenvalue weighted by Gasteiger charge is 2.37. The quantitative estimate of drug-likeness (QED) is 0.498. The topological polar surface area (TPSA) is 139 Å². The number of nitrogens with zero attached hydrogens (tertiary/aromatic N) is 3. The highest BCUT2D eigenvalue weighted by molar-refractivity contribution is 7.89. The molecule has 3 rings (SSSR count). The van der Waals surface area contributed by atoms with Crippen LogP contribution in [0.3, 0.4) is 0 Å². The minimum absolute atomic E-state index is 0.0544. The van der Waals surface area contributed by atoms with Crippen LogP contribution in [-0.2, 0) is 36.7 Å². The summed E-state index contributed by atoms with van der Waals surface area (Å²) in [5, 5.41) is 9.60. The SMILES string of the molecule is CCOCc1nc(N2CC(C(=O)NS(=O)(=O)Cc3ccccc3)C2)c(C#N)cc1C(=O)OCC. The maximum Gasteiger partial charge on any atom is 0.340 e. The van der Waals surface area contributed by atoms with Gasteiger partial charge in [-0.15, -0.1) is 0 Å². The van der Waals surface area contributed by atoms with Crippen LogP contribution >= 0.6 is 0 Å². The fraction of sp³-hybridized carbons (Fsp3) is 0.391. The first-order valence-electron chi connectivity index (χ1n) is 10.8. The number of aromatic nitrogens is 1. The molecule has 0 atom stereocenters. The van der Waals surface area contributed by atoms with E-state index in [1.165, 1.54) is 6.07 Å². The molecule has 1 aliphatic rings. The molecule has 1 N–H and O–H groups in total. The van der Waals surface area contributed by atoms with Gasteiger partial charge in [-0.05, 0) is 25.5 Å². The van der Waals surface area contributed by atoms with Crippen molar-refractivity contribution in [3.63, 3.8) is 0 Å². The summed E-state index contributed by atoms with van der Waals surface area (Å²) in [6.07, 6.45) is 0. The van der Waals surface area contributed by atoms with Crippen molar-refractivity contribution in [1.82, 2.24) is 9.71 Å². The summed E-state index contributed by atoms with van der Waals surface area (Å²) in [5.41, 5.74) is 1.20. The van der Waals surface area contributed by atoms with Gasteiger partial charge in [-0.3, -0.25) is 9.52 Å². The lowest BCUT2D eigenvalue weighted by molar-refractivity contribution is -0.123. The molecule has 0 radical (unpaired) electrons. The van der Waals surface area contributed by atoms with E-state index in [0.29, 0.717) is 23.7 Å². The first kappa shape index (κ1) is 25.1. The van der Waals surface area contributed by atoms with Crippen molar-refractivity contribution >= 4 is 27.7 Å². The highest BCUT2D eigenvalue weighted by atomic mass is 32.2. The lowest BCUT2D eigenvalue weighted by atomic mass is 9.98. The Balaban J connectivity index is 1.71. The Morgan fingerprint density at radius 2 is 1.91 bits per heavy atom. The van der Waals surface area contributed by atoms with Crippen molar-refractivity contribution in [1.29, 1.82) is 5.26 Å². The first-order valence-corrected chi connectivity index (χ1v) is 12.4. The smallest absolute Gasteiger partial charge is 0.340 e. The molecule has 34 heavy (non-hydrogen) atoms. The number of ether oxygens (including phenoxy) is 2. The molecule has 1 saturated heterocycles. The molecule has 0 bridgehead atoms. The maximum absolute atomic E-state index is 12.5. The fourth-order valence-electron chi connectivity index (χ4n) is 3.44. The summed E-state index contributed by atoms with van der Waals surface area (Å²) in [6, 6.07) is 12.0. The van der Waals surface area contributed by atoms with Gasteiger partial charge in [0.25, 0.3) is 0 Å². The number of hydrogen-bond acceptors (Lipinski definition) is 9. The number of anilines is 1. The second-order valence-corrected chi connectivity index (χ2v) is 9.36. The number of rotatable bonds is 10. The molecule has 0 aliphatic carbocycles. The number of amides is 1. The minimum Gasteiger partial charge on any atom is -0.462 e. The normalized spacial score (nSPS) is 13.6. The van der Waals surface area contributed by atoms with Crippen molar-refractivity contribution in [2.24, 2.45) is 5.92 Å². The molecular weight excluding hydrogens is 460 g/mol. The molecule has 0 unspecified atom stereocenters. The second-order valence-electron chi connectivity index (χ2n) is 7.64. The number of nitrogens with one attached hydrogen (secondary N) is 1. The van der Waals surface area contributed by atoms with E-state index in [2.05, 4.69) is 9.71 Å². The molecule has 0 spiro atoms. The highest BCUT2D eigenvalue weighted by Crippen LogP contribution is 2.29. The Kier molecular flexibility index (Phi) is 8.20. The molecule has 1 aromatic heterocycles. The maximum atomic E-state index is 12.5. The van der Waals surface area contributed by atoms with Crippen LogP contribution in [0.25, 0.3) is 0 Å². The zero-order chi connectivity index (χ0) is 24.7. The largest absolute Gasteiger partial charge is 0.462 e. The Morgan fingerprint density at radius 3 is 2.53 bits per heavy atom. The van der Waals surface area contributed by atoms with Crippen LogP contribution in [0.5, 0.6) is 0 Å². The summed E-state index contributed by atoms with van der Waals surface area (Å²) in [7, 11) is -3.84. The summed E-state index contributed by atoms with van der Waals surface area (Å²) in [5.74, 6) is -1.78. The van der Waals surface area contributed by atoms with E-state index < -0.39 is 27.8 Å². The number of carbonyl (C=O) groups excluding carboxylic acids is 2. The molecule has 1 amide bonds. The third-order valence-electron chi connectivity index (χ3n) is 5.15. The van der Waals surface area contributed by atoms with Gasteiger partial charge in [0.1, 0.15) is 11.9 Å². The molecule has 10 nitrogen and oxygen atoms in total. The standard InChI is InChI=1S/C23H26N4O6S/c1-3-32-14-20-19(23(29)33-4-2)10-17(11-24)21(25-20)27-12-18(13-27)22(28)26-34(30,31)15-16-8-6-5-7-9-16/h5-10,18H,3-4,12-15H2,1-2H3,(H,26,28). The van der Waals surface area contributed by atoms with Crippen molar-refractivity contribution in [3.05, 3.63) is 58.8 Å². The monoisotopic (exact) mass is 486 g/mol. The van der Waals surface area contributed by atoms with Crippen molar-refractivity contribution in [2.75, 3.05) is 31.2 Å². The average molecular weight is 487 g/mol. The molecular formula is C23H26N4O6S. The number of pyridine rings is 1. The second kappa shape index (κ2) is 11.1. The molecule has 2 aromatic rings. The van der Waals surface area contributed by atoms with Crippen molar-refractivity contribution in [3.8, 4) is 6.07 Å². The van der Waals surface area contributed by atoms with E-state index in [1.54, 1.807) is 49.1 Å². The predicted molar refractivity (Wildman–Crippen MR) is 123 cm³/mol. The van der Waals surface area contributed by atoms with Crippen molar-refractivity contribution < 1.29 is 27.5 Å². The summed E-state index contributed by atoms with van der Waals surface area (Å²) < 4.78 is 37.3.